The van der Waals surface area contributed by atoms with E-state index >= 15 is 0 Å². The number of nitrogens with zero attached hydrogens (tertiary/aromatic N) is 2. The summed E-state index contributed by atoms with van der Waals surface area (Å²) < 4.78 is 13.2. The number of carbonyl (C=O) groups excluding carboxylic acids is 2. The molecule has 1 aliphatic rings. The van der Waals surface area contributed by atoms with Crippen LogP contribution in [0.25, 0.3) is 0 Å². The molecule has 132 valence electrons. The van der Waals surface area contributed by atoms with E-state index in [0.717, 1.165) is 5.69 Å². The normalized spacial score (nSPS) is 17.1. The highest BCUT2D eigenvalue weighted by molar-refractivity contribution is 5.95. The summed E-state index contributed by atoms with van der Waals surface area (Å²) in [6.45, 7) is 5.01. The van der Waals surface area contributed by atoms with E-state index in [0.29, 0.717) is 25.2 Å². The van der Waals surface area contributed by atoms with E-state index in [2.05, 4.69) is 15.5 Å². The van der Waals surface area contributed by atoms with Crippen LogP contribution in [0.1, 0.15) is 52.7 Å². The van der Waals surface area contributed by atoms with Gasteiger partial charge < -0.3 is 10.2 Å². The lowest BCUT2D eigenvalue weighted by Gasteiger charge is -2.16. The van der Waals surface area contributed by atoms with Crippen molar-refractivity contribution in [3.8, 4) is 0 Å². The average molecular weight is 344 g/mol. The van der Waals surface area contributed by atoms with Gasteiger partial charge in [-0.3, -0.25) is 14.7 Å². The predicted molar refractivity (Wildman–Crippen MR) is 90.9 cm³/mol. The molecule has 1 saturated heterocycles. The maximum absolute atomic E-state index is 13.2. The van der Waals surface area contributed by atoms with E-state index in [1.165, 1.54) is 18.2 Å². The molecule has 25 heavy (non-hydrogen) atoms. The molecule has 2 aromatic rings. The Morgan fingerprint density at radius 1 is 1.36 bits per heavy atom. The van der Waals surface area contributed by atoms with Gasteiger partial charge >= 0.3 is 0 Å². The van der Waals surface area contributed by atoms with Crippen molar-refractivity contribution in [3.63, 3.8) is 0 Å². The first-order chi connectivity index (χ1) is 11.9. The highest BCUT2D eigenvalue weighted by Gasteiger charge is 2.29. The molecule has 0 spiro atoms. The molecular formula is C18H21FN4O2. The summed E-state index contributed by atoms with van der Waals surface area (Å²) in [6, 6.07) is 7.18. The number of benzene rings is 1. The zero-order valence-electron chi connectivity index (χ0n) is 14.3. The summed E-state index contributed by atoms with van der Waals surface area (Å²) in [7, 11) is 0. The van der Waals surface area contributed by atoms with Crippen molar-refractivity contribution < 1.29 is 14.0 Å². The molecule has 0 aliphatic carbocycles. The number of halogens is 1. The lowest BCUT2D eigenvalue weighted by Crippen LogP contribution is -2.38. The number of rotatable bonds is 4. The smallest absolute Gasteiger partial charge is 0.271 e. The van der Waals surface area contributed by atoms with Crippen LogP contribution >= 0.6 is 0 Å². The zero-order chi connectivity index (χ0) is 18.0. The molecule has 1 aromatic carbocycles. The van der Waals surface area contributed by atoms with Gasteiger partial charge in [-0.2, -0.15) is 5.10 Å². The van der Waals surface area contributed by atoms with Gasteiger partial charge in [0.05, 0.1) is 5.69 Å². The Bertz CT molecular complexity index is 787. The standard InChI is InChI=1S/C18H21FN4O2/c1-11(2)15-9-16(22-21-15)18(25)23-7-6-14(10-23)20-17(24)12-4-3-5-13(19)8-12/h3-5,8-9,11,14H,6-7,10H2,1-2H3,(H,20,24)(H,21,22). The van der Waals surface area contributed by atoms with Crippen molar-refractivity contribution in [2.24, 2.45) is 0 Å². The van der Waals surface area contributed by atoms with Crippen LogP contribution in [0.15, 0.2) is 30.3 Å². The molecule has 0 radical (unpaired) electrons. The molecule has 2 amide bonds. The number of nitrogens with one attached hydrogen (secondary N) is 2. The first-order valence-electron chi connectivity index (χ1n) is 8.35. The van der Waals surface area contributed by atoms with Crippen molar-refractivity contribution >= 4 is 11.8 Å². The summed E-state index contributed by atoms with van der Waals surface area (Å²) in [5.74, 6) is -0.657. The fourth-order valence-corrected chi connectivity index (χ4v) is 2.87. The van der Waals surface area contributed by atoms with Crippen molar-refractivity contribution in [2.75, 3.05) is 13.1 Å². The van der Waals surface area contributed by atoms with Crippen molar-refractivity contribution in [2.45, 2.75) is 32.2 Å². The van der Waals surface area contributed by atoms with Crippen LogP contribution in [0, 0.1) is 5.82 Å². The topological polar surface area (TPSA) is 78.1 Å². The van der Waals surface area contributed by atoms with Crippen molar-refractivity contribution in [1.29, 1.82) is 0 Å². The van der Waals surface area contributed by atoms with E-state index < -0.39 is 5.82 Å². The minimum absolute atomic E-state index is 0.123. The highest BCUT2D eigenvalue weighted by Crippen LogP contribution is 2.17. The molecule has 1 aromatic heterocycles. The number of amides is 2. The number of hydrogen-bond acceptors (Lipinski definition) is 3. The summed E-state index contributed by atoms with van der Waals surface area (Å²) in [4.78, 5) is 26.4. The maximum atomic E-state index is 13.2. The van der Waals surface area contributed by atoms with Gasteiger partial charge in [0.2, 0.25) is 0 Å². The van der Waals surface area contributed by atoms with E-state index in [9.17, 15) is 14.0 Å². The van der Waals surface area contributed by atoms with E-state index in [1.54, 1.807) is 17.0 Å². The van der Waals surface area contributed by atoms with Gasteiger partial charge in [-0.25, -0.2) is 4.39 Å². The van der Waals surface area contributed by atoms with E-state index in [4.69, 9.17) is 0 Å². The number of aromatic amines is 1. The fourth-order valence-electron chi connectivity index (χ4n) is 2.87. The molecule has 3 rings (SSSR count). The predicted octanol–water partition coefficient (Wildman–Crippen LogP) is 2.32. The van der Waals surface area contributed by atoms with Gasteiger partial charge in [0.15, 0.2) is 0 Å². The number of likely N-dealkylation sites (tertiary alicyclic amines) is 1. The minimum Gasteiger partial charge on any atom is -0.347 e. The van der Waals surface area contributed by atoms with Crippen LogP contribution in [-0.4, -0.2) is 46.0 Å². The molecule has 0 saturated carbocycles. The second kappa shape index (κ2) is 7.04. The van der Waals surface area contributed by atoms with E-state index in [-0.39, 0.29) is 29.3 Å². The Hall–Kier alpha value is -2.70. The van der Waals surface area contributed by atoms with Gasteiger partial charge in [0.1, 0.15) is 11.5 Å². The van der Waals surface area contributed by atoms with Crippen LogP contribution in [0.3, 0.4) is 0 Å². The summed E-state index contributed by atoms with van der Waals surface area (Å²) in [6.07, 6.45) is 0.665. The minimum atomic E-state index is -0.448. The van der Waals surface area contributed by atoms with Gasteiger partial charge in [-0.15, -0.1) is 0 Å². The highest BCUT2D eigenvalue weighted by atomic mass is 19.1. The van der Waals surface area contributed by atoms with Crippen LogP contribution in [0.5, 0.6) is 0 Å². The summed E-state index contributed by atoms with van der Waals surface area (Å²) in [5.41, 5.74) is 1.58. The molecule has 6 nitrogen and oxygen atoms in total. The lowest BCUT2D eigenvalue weighted by atomic mass is 10.1. The Balaban J connectivity index is 1.59. The zero-order valence-corrected chi connectivity index (χ0v) is 14.3. The molecule has 2 heterocycles. The van der Waals surface area contributed by atoms with Gasteiger partial charge in [0, 0.05) is 24.7 Å². The molecule has 1 unspecified atom stereocenters. The van der Waals surface area contributed by atoms with Gasteiger partial charge in [-0.1, -0.05) is 19.9 Å². The molecule has 7 heteroatoms. The second-order valence-electron chi connectivity index (χ2n) is 6.58. The monoisotopic (exact) mass is 344 g/mol. The lowest BCUT2D eigenvalue weighted by molar-refractivity contribution is 0.0777. The van der Waals surface area contributed by atoms with Gasteiger partial charge in [0.25, 0.3) is 11.8 Å². The number of H-pyrrole nitrogens is 1. The van der Waals surface area contributed by atoms with Crippen molar-refractivity contribution in [3.05, 3.63) is 53.1 Å². The third-order valence-electron chi connectivity index (χ3n) is 4.32. The third kappa shape index (κ3) is 3.87. The first-order valence-corrected chi connectivity index (χ1v) is 8.35. The molecular weight excluding hydrogens is 323 g/mol. The fraction of sp³-hybridized carbons (Fsp3) is 0.389. The average Bonchev–Trinajstić information content (AvgIpc) is 3.23. The van der Waals surface area contributed by atoms with Crippen LogP contribution in [0.2, 0.25) is 0 Å². The Kier molecular flexibility index (Phi) is 4.83. The molecule has 1 aliphatic heterocycles. The summed E-state index contributed by atoms with van der Waals surface area (Å²) in [5, 5.41) is 9.78. The second-order valence-corrected chi connectivity index (χ2v) is 6.58. The van der Waals surface area contributed by atoms with Crippen molar-refractivity contribution in [1.82, 2.24) is 20.4 Å². The Labute approximate surface area is 145 Å². The summed E-state index contributed by atoms with van der Waals surface area (Å²) >= 11 is 0. The molecule has 0 bridgehead atoms. The quantitative estimate of drug-likeness (QED) is 0.893. The van der Waals surface area contributed by atoms with Gasteiger partial charge in [-0.05, 0) is 36.6 Å². The third-order valence-corrected chi connectivity index (χ3v) is 4.32. The first kappa shape index (κ1) is 17.1. The Morgan fingerprint density at radius 3 is 2.84 bits per heavy atom. The SMILES string of the molecule is CC(C)c1cc(C(=O)N2CCC(NC(=O)c3cccc(F)c3)C2)[nH]n1. The number of carbonyl (C=O) groups is 2. The van der Waals surface area contributed by atoms with Crippen LogP contribution in [-0.2, 0) is 0 Å². The maximum Gasteiger partial charge on any atom is 0.271 e. The number of hydrogen-bond donors (Lipinski definition) is 2. The number of aromatic nitrogens is 2. The largest absolute Gasteiger partial charge is 0.347 e. The molecule has 1 atom stereocenters. The Morgan fingerprint density at radius 2 is 2.16 bits per heavy atom. The van der Waals surface area contributed by atoms with Crippen LogP contribution < -0.4 is 5.32 Å². The van der Waals surface area contributed by atoms with E-state index in [1.807, 2.05) is 13.8 Å². The molecule has 1 fully saturated rings. The van der Waals surface area contributed by atoms with Crippen LogP contribution in [0.4, 0.5) is 4.39 Å². The molecule has 2 N–H and O–H groups in total.